The van der Waals surface area contributed by atoms with Gasteiger partial charge < -0.3 is 14.5 Å². The Bertz CT molecular complexity index is 856. The second-order valence-electron chi connectivity index (χ2n) is 7.07. The number of nitrogens with zero attached hydrogens (tertiary/aromatic N) is 3. The molecule has 1 aliphatic heterocycles. The third-order valence-electron chi connectivity index (χ3n) is 5.18. The quantitative estimate of drug-likeness (QED) is 0.649. The van der Waals surface area contributed by atoms with Crippen molar-refractivity contribution < 1.29 is 9.53 Å². The summed E-state index contributed by atoms with van der Waals surface area (Å²) in [4.78, 5) is 21.3. The maximum Gasteiger partial charge on any atom is 0.248 e. The molecule has 1 fully saturated rings. The Labute approximate surface area is 171 Å². The molecule has 0 radical (unpaired) electrons. The summed E-state index contributed by atoms with van der Waals surface area (Å²) in [6.07, 6.45) is 1.55. The predicted octanol–water partition coefficient (Wildman–Crippen LogP) is 3.54. The molecule has 0 atom stereocenters. The Balaban J connectivity index is 1.36. The topological polar surface area (TPSA) is 45.7 Å². The first-order valence-electron chi connectivity index (χ1n) is 9.96. The van der Waals surface area contributed by atoms with E-state index in [0.29, 0.717) is 13.1 Å². The van der Waals surface area contributed by atoms with Crippen molar-refractivity contribution in [1.29, 1.82) is 0 Å². The number of ether oxygens (including phenoxy) is 1. The van der Waals surface area contributed by atoms with Crippen molar-refractivity contribution in [2.75, 3.05) is 37.7 Å². The molecule has 0 aliphatic carbocycles. The summed E-state index contributed by atoms with van der Waals surface area (Å²) < 4.78 is 6.12. The van der Waals surface area contributed by atoms with Gasteiger partial charge in [-0.3, -0.25) is 4.79 Å². The van der Waals surface area contributed by atoms with Gasteiger partial charge in [-0.25, -0.2) is 4.98 Å². The van der Waals surface area contributed by atoms with Gasteiger partial charge in [-0.1, -0.05) is 66.7 Å². The van der Waals surface area contributed by atoms with Crippen LogP contribution >= 0.6 is 0 Å². The van der Waals surface area contributed by atoms with Gasteiger partial charge in [0.25, 0.3) is 0 Å². The molecule has 0 unspecified atom stereocenters. The minimum atomic E-state index is -0.254. The maximum absolute atomic E-state index is 12.8. The molecule has 1 saturated heterocycles. The van der Waals surface area contributed by atoms with Crippen LogP contribution in [0.1, 0.15) is 17.2 Å². The Morgan fingerprint density at radius 2 is 1.41 bits per heavy atom. The second kappa shape index (κ2) is 9.34. The Morgan fingerprint density at radius 3 is 1.97 bits per heavy atom. The van der Waals surface area contributed by atoms with E-state index in [4.69, 9.17) is 4.74 Å². The molecule has 1 aromatic heterocycles. The second-order valence-corrected chi connectivity index (χ2v) is 7.07. The molecule has 0 N–H and O–H groups in total. The van der Waals surface area contributed by atoms with Gasteiger partial charge in [0.05, 0.1) is 0 Å². The van der Waals surface area contributed by atoms with Crippen molar-refractivity contribution in [1.82, 2.24) is 9.88 Å². The van der Waals surface area contributed by atoms with Crippen molar-refractivity contribution in [3.8, 4) is 0 Å². The van der Waals surface area contributed by atoms with Crippen molar-refractivity contribution >= 4 is 11.7 Å². The van der Waals surface area contributed by atoms with Crippen molar-refractivity contribution in [3.63, 3.8) is 0 Å². The lowest BCUT2D eigenvalue weighted by atomic mass is 10.0. The number of benzene rings is 2. The molecule has 2 aromatic carbocycles. The van der Waals surface area contributed by atoms with E-state index in [9.17, 15) is 4.79 Å². The Hall–Kier alpha value is -3.18. The summed E-state index contributed by atoms with van der Waals surface area (Å²) in [5, 5.41) is 0. The maximum atomic E-state index is 12.8. The van der Waals surface area contributed by atoms with Crippen molar-refractivity contribution in [2.45, 2.75) is 6.10 Å². The number of hydrogen-bond acceptors (Lipinski definition) is 4. The number of rotatable bonds is 6. The van der Waals surface area contributed by atoms with E-state index in [2.05, 4.69) is 9.88 Å². The number of aromatic nitrogens is 1. The zero-order chi connectivity index (χ0) is 19.9. The first kappa shape index (κ1) is 19.2. The van der Waals surface area contributed by atoms with Gasteiger partial charge in [0, 0.05) is 32.4 Å². The van der Waals surface area contributed by atoms with E-state index in [1.54, 1.807) is 6.20 Å². The molecule has 0 bridgehead atoms. The van der Waals surface area contributed by atoms with E-state index in [1.807, 2.05) is 83.8 Å². The average molecular weight is 387 g/mol. The molecular weight excluding hydrogens is 362 g/mol. The fraction of sp³-hybridized carbons (Fsp3) is 0.250. The molecule has 1 amide bonds. The molecular formula is C24H25N3O2. The van der Waals surface area contributed by atoms with E-state index in [1.165, 1.54) is 0 Å². The fourth-order valence-electron chi connectivity index (χ4n) is 3.61. The molecule has 29 heavy (non-hydrogen) atoms. The standard InChI is InChI=1S/C24H25N3O2/c28-23(27-17-15-26(16-18-27)22-13-7-8-14-25-22)19-29-24(20-9-3-1-4-10-20)21-11-5-2-6-12-21/h1-14,24H,15-19H2. The van der Waals surface area contributed by atoms with Crippen LogP contribution in [0.5, 0.6) is 0 Å². The highest BCUT2D eigenvalue weighted by Gasteiger charge is 2.23. The lowest BCUT2D eigenvalue weighted by Crippen LogP contribution is -2.50. The number of piperazine rings is 1. The number of hydrogen-bond donors (Lipinski definition) is 0. The van der Waals surface area contributed by atoms with Crippen LogP contribution in [0.15, 0.2) is 85.1 Å². The zero-order valence-electron chi connectivity index (χ0n) is 16.4. The summed E-state index contributed by atoms with van der Waals surface area (Å²) in [5.41, 5.74) is 2.10. The van der Waals surface area contributed by atoms with Crippen LogP contribution in [-0.2, 0) is 9.53 Å². The van der Waals surface area contributed by atoms with Crippen molar-refractivity contribution in [2.24, 2.45) is 0 Å². The molecule has 3 aromatic rings. The van der Waals surface area contributed by atoms with Crippen LogP contribution in [0.3, 0.4) is 0 Å². The van der Waals surface area contributed by atoms with E-state index >= 15 is 0 Å². The molecule has 2 heterocycles. The predicted molar refractivity (Wildman–Crippen MR) is 114 cm³/mol. The third-order valence-corrected chi connectivity index (χ3v) is 5.18. The molecule has 0 spiro atoms. The van der Waals surface area contributed by atoms with Crippen LogP contribution < -0.4 is 4.90 Å². The fourth-order valence-corrected chi connectivity index (χ4v) is 3.61. The van der Waals surface area contributed by atoms with Gasteiger partial charge in [-0.2, -0.15) is 0 Å². The monoisotopic (exact) mass is 387 g/mol. The normalized spacial score (nSPS) is 14.2. The largest absolute Gasteiger partial charge is 0.359 e. The molecule has 4 rings (SSSR count). The zero-order valence-corrected chi connectivity index (χ0v) is 16.4. The molecule has 5 nitrogen and oxygen atoms in total. The molecule has 148 valence electrons. The number of carbonyl (C=O) groups excluding carboxylic acids is 1. The van der Waals surface area contributed by atoms with Crippen LogP contribution in [-0.4, -0.2) is 48.6 Å². The molecule has 1 aliphatic rings. The summed E-state index contributed by atoms with van der Waals surface area (Å²) in [7, 11) is 0. The highest BCUT2D eigenvalue weighted by atomic mass is 16.5. The number of amides is 1. The lowest BCUT2D eigenvalue weighted by Gasteiger charge is -2.35. The summed E-state index contributed by atoms with van der Waals surface area (Å²) in [6.45, 7) is 2.99. The third kappa shape index (κ3) is 4.81. The van der Waals surface area contributed by atoms with Crippen LogP contribution in [0.4, 0.5) is 5.82 Å². The first-order valence-corrected chi connectivity index (χ1v) is 9.96. The van der Waals surface area contributed by atoms with E-state index in [0.717, 1.165) is 30.0 Å². The Kier molecular flexibility index (Phi) is 6.17. The summed E-state index contributed by atoms with van der Waals surface area (Å²) in [5.74, 6) is 0.992. The first-order chi connectivity index (χ1) is 14.3. The van der Waals surface area contributed by atoms with E-state index in [-0.39, 0.29) is 18.6 Å². The summed E-state index contributed by atoms with van der Waals surface area (Å²) in [6, 6.07) is 26.0. The van der Waals surface area contributed by atoms with Gasteiger partial charge in [-0.05, 0) is 23.3 Å². The van der Waals surface area contributed by atoms with Gasteiger partial charge in [-0.15, -0.1) is 0 Å². The van der Waals surface area contributed by atoms with Gasteiger partial charge in [0.15, 0.2) is 0 Å². The highest BCUT2D eigenvalue weighted by molar-refractivity contribution is 5.77. The van der Waals surface area contributed by atoms with Crippen molar-refractivity contribution in [3.05, 3.63) is 96.2 Å². The smallest absolute Gasteiger partial charge is 0.248 e. The Morgan fingerprint density at radius 1 is 0.828 bits per heavy atom. The highest BCUT2D eigenvalue weighted by Crippen LogP contribution is 2.26. The van der Waals surface area contributed by atoms with Crippen LogP contribution in [0.2, 0.25) is 0 Å². The van der Waals surface area contributed by atoms with Crippen LogP contribution in [0, 0.1) is 0 Å². The SMILES string of the molecule is O=C(COC(c1ccccc1)c1ccccc1)N1CCN(c2ccccn2)CC1. The molecule has 0 saturated carbocycles. The molecule has 5 heteroatoms. The van der Waals surface area contributed by atoms with E-state index < -0.39 is 0 Å². The lowest BCUT2D eigenvalue weighted by molar-refractivity contribution is -0.137. The van der Waals surface area contributed by atoms with Gasteiger partial charge >= 0.3 is 0 Å². The average Bonchev–Trinajstić information content (AvgIpc) is 2.81. The summed E-state index contributed by atoms with van der Waals surface area (Å²) >= 11 is 0. The van der Waals surface area contributed by atoms with Gasteiger partial charge in [0.2, 0.25) is 5.91 Å². The van der Waals surface area contributed by atoms with Crippen LogP contribution in [0.25, 0.3) is 0 Å². The number of carbonyl (C=O) groups is 1. The minimum Gasteiger partial charge on any atom is -0.359 e. The minimum absolute atomic E-state index is 0.0301. The number of pyridine rings is 1. The van der Waals surface area contributed by atoms with Gasteiger partial charge in [0.1, 0.15) is 18.5 Å². The number of anilines is 1.